The number of ether oxygens (including phenoxy) is 1. The average Bonchev–Trinajstić information content (AvgIpc) is 2.61. The molecule has 2 N–H and O–H groups in total. The molecule has 7 nitrogen and oxygen atoms in total. The monoisotopic (exact) mass is 227 g/mol. The largest absolute Gasteiger partial charge is 0.479 e. The van der Waals surface area contributed by atoms with Crippen molar-refractivity contribution < 1.29 is 19.4 Å². The standard InChI is InChI=1S/C9H13N3O4/c1-3-16-9(15)11-7(8(13)14)6-4-10-12(2)5-6/h4-5,7H,3H2,1-2H3,(H,11,15)(H,13,14). The van der Waals surface area contributed by atoms with Gasteiger partial charge in [-0.3, -0.25) is 4.68 Å². The van der Waals surface area contributed by atoms with E-state index in [2.05, 4.69) is 15.2 Å². The van der Waals surface area contributed by atoms with Gasteiger partial charge in [-0.25, -0.2) is 9.59 Å². The second-order valence-corrected chi connectivity index (χ2v) is 3.08. The summed E-state index contributed by atoms with van der Waals surface area (Å²) in [4.78, 5) is 22.1. The number of nitrogens with one attached hydrogen (secondary N) is 1. The summed E-state index contributed by atoms with van der Waals surface area (Å²) in [6.07, 6.45) is 2.13. The summed E-state index contributed by atoms with van der Waals surface area (Å²) in [6, 6.07) is -1.15. The van der Waals surface area contributed by atoms with E-state index in [4.69, 9.17) is 5.11 Å². The van der Waals surface area contributed by atoms with Crippen molar-refractivity contribution in [3.8, 4) is 0 Å². The maximum absolute atomic E-state index is 11.1. The van der Waals surface area contributed by atoms with Gasteiger partial charge in [-0.15, -0.1) is 0 Å². The summed E-state index contributed by atoms with van der Waals surface area (Å²) in [5, 5.41) is 15.0. The fraction of sp³-hybridized carbons (Fsp3) is 0.444. The third kappa shape index (κ3) is 2.97. The van der Waals surface area contributed by atoms with Gasteiger partial charge in [0.25, 0.3) is 0 Å². The zero-order valence-electron chi connectivity index (χ0n) is 9.01. The van der Waals surface area contributed by atoms with Gasteiger partial charge in [-0.05, 0) is 6.92 Å². The van der Waals surface area contributed by atoms with Gasteiger partial charge in [0.1, 0.15) is 0 Å². The molecule has 1 aromatic rings. The van der Waals surface area contributed by atoms with Crippen LogP contribution in [0.3, 0.4) is 0 Å². The number of carbonyl (C=O) groups is 2. The number of carboxylic acids is 1. The SMILES string of the molecule is CCOC(=O)NC(C(=O)O)c1cnn(C)c1. The molecule has 0 saturated heterocycles. The summed E-state index contributed by atoms with van der Waals surface area (Å²) < 4.78 is 6.07. The van der Waals surface area contributed by atoms with E-state index in [1.54, 1.807) is 14.0 Å². The van der Waals surface area contributed by atoms with Crippen LogP contribution in [0, 0.1) is 0 Å². The molecule has 1 amide bonds. The number of rotatable bonds is 4. The van der Waals surface area contributed by atoms with Gasteiger partial charge in [0.15, 0.2) is 6.04 Å². The molecule has 0 aliphatic carbocycles. The number of carbonyl (C=O) groups excluding carboxylic acids is 1. The number of hydrogen-bond donors (Lipinski definition) is 2. The van der Waals surface area contributed by atoms with Crippen molar-refractivity contribution in [3.63, 3.8) is 0 Å². The Balaban J connectivity index is 2.76. The van der Waals surface area contributed by atoms with Crippen LogP contribution < -0.4 is 5.32 Å². The van der Waals surface area contributed by atoms with Gasteiger partial charge in [0.2, 0.25) is 0 Å². The second-order valence-electron chi connectivity index (χ2n) is 3.08. The minimum absolute atomic E-state index is 0.186. The van der Waals surface area contributed by atoms with E-state index in [1.165, 1.54) is 17.1 Å². The molecule has 1 atom stereocenters. The third-order valence-corrected chi connectivity index (χ3v) is 1.84. The third-order valence-electron chi connectivity index (χ3n) is 1.84. The van der Waals surface area contributed by atoms with Crippen LogP contribution in [0.4, 0.5) is 4.79 Å². The van der Waals surface area contributed by atoms with E-state index in [-0.39, 0.29) is 6.61 Å². The van der Waals surface area contributed by atoms with Crippen LogP contribution in [0.2, 0.25) is 0 Å². The van der Waals surface area contributed by atoms with Crippen molar-refractivity contribution in [2.75, 3.05) is 6.61 Å². The van der Waals surface area contributed by atoms with Crippen molar-refractivity contribution in [2.45, 2.75) is 13.0 Å². The highest BCUT2D eigenvalue weighted by molar-refractivity contribution is 5.81. The first-order valence-corrected chi connectivity index (χ1v) is 4.69. The Bertz CT molecular complexity index is 388. The van der Waals surface area contributed by atoms with Crippen LogP contribution in [-0.4, -0.2) is 33.6 Å². The summed E-state index contributed by atoms with van der Waals surface area (Å²) in [5.41, 5.74) is 0.392. The molecule has 0 bridgehead atoms. The predicted molar refractivity (Wildman–Crippen MR) is 53.7 cm³/mol. The molecule has 0 aliphatic heterocycles. The highest BCUT2D eigenvalue weighted by Gasteiger charge is 2.23. The average molecular weight is 227 g/mol. The van der Waals surface area contributed by atoms with Crippen LogP contribution in [-0.2, 0) is 16.6 Å². The normalized spacial score (nSPS) is 11.9. The highest BCUT2D eigenvalue weighted by Crippen LogP contribution is 2.11. The Kier molecular flexibility index (Phi) is 3.87. The van der Waals surface area contributed by atoms with Crippen molar-refractivity contribution in [2.24, 2.45) is 7.05 Å². The molecule has 0 fully saturated rings. The number of nitrogens with zero attached hydrogens (tertiary/aromatic N) is 2. The van der Waals surface area contributed by atoms with Gasteiger partial charge >= 0.3 is 12.1 Å². The number of aliphatic carboxylic acids is 1. The minimum Gasteiger partial charge on any atom is -0.479 e. The number of amides is 1. The lowest BCUT2D eigenvalue weighted by Gasteiger charge is -2.12. The molecule has 88 valence electrons. The lowest BCUT2D eigenvalue weighted by Crippen LogP contribution is -2.33. The fourth-order valence-electron chi connectivity index (χ4n) is 1.17. The minimum atomic E-state index is -1.17. The summed E-state index contributed by atoms with van der Waals surface area (Å²) >= 11 is 0. The van der Waals surface area contributed by atoms with E-state index in [0.29, 0.717) is 5.56 Å². The van der Waals surface area contributed by atoms with Gasteiger partial charge in [0, 0.05) is 18.8 Å². The van der Waals surface area contributed by atoms with E-state index >= 15 is 0 Å². The van der Waals surface area contributed by atoms with Gasteiger partial charge < -0.3 is 15.2 Å². The molecule has 1 aromatic heterocycles. The van der Waals surface area contributed by atoms with Crippen molar-refractivity contribution in [1.82, 2.24) is 15.1 Å². The molecular formula is C9H13N3O4. The van der Waals surface area contributed by atoms with E-state index in [1.807, 2.05) is 0 Å². The van der Waals surface area contributed by atoms with Crippen LogP contribution in [0.5, 0.6) is 0 Å². The second kappa shape index (κ2) is 5.15. The van der Waals surface area contributed by atoms with Crippen LogP contribution in [0.1, 0.15) is 18.5 Å². The van der Waals surface area contributed by atoms with Crippen molar-refractivity contribution in [1.29, 1.82) is 0 Å². The smallest absolute Gasteiger partial charge is 0.408 e. The first-order valence-electron chi connectivity index (χ1n) is 4.69. The Hall–Kier alpha value is -2.05. The van der Waals surface area contributed by atoms with Crippen LogP contribution >= 0.6 is 0 Å². The summed E-state index contributed by atoms with van der Waals surface area (Å²) in [7, 11) is 1.66. The van der Waals surface area contributed by atoms with E-state index < -0.39 is 18.1 Å². The number of carboxylic acid groups (broad SMARTS) is 1. The Morgan fingerprint density at radius 1 is 1.69 bits per heavy atom. The molecule has 0 saturated carbocycles. The molecule has 0 radical (unpaired) electrons. The lowest BCUT2D eigenvalue weighted by molar-refractivity contribution is -0.139. The number of aryl methyl sites for hydroxylation is 1. The first-order chi connectivity index (χ1) is 7.54. The first kappa shape index (κ1) is 12.0. The zero-order chi connectivity index (χ0) is 12.1. The predicted octanol–water partition coefficient (Wildman–Crippen LogP) is 0.292. The van der Waals surface area contributed by atoms with Gasteiger partial charge in [-0.2, -0.15) is 5.10 Å². The molecule has 1 heterocycles. The number of alkyl carbamates (subject to hydrolysis) is 1. The van der Waals surface area contributed by atoms with Crippen LogP contribution in [0.25, 0.3) is 0 Å². The topological polar surface area (TPSA) is 93.4 Å². The molecule has 7 heteroatoms. The van der Waals surface area contributed by atoms with Crippen molar-refractivity contribution >= 4 is 12.1 Å². The quantitative estimate of drug-likeness (QED) is 0.771. The van der Waals surface area contributed by atoms with Gasteiger partial charge in [0.05, 0.1) is 12.8 Å². The Morgan fingerprint density at radius 2 is 2.38 bits per heavy atom. The van der Waals surface area contributed by atoms with E-state index in [0.717, 1.165) is 0 Å². The van der Waals surface area contributed by atoms with Crippen molar-refractivity contribution in [3.05, 3.63) is 18.0 Å². The van der Waals surface area contributed by atoms with Gasteiger partial charge in [-0.1, -0.05) is 0 Å². The fourth-order valence-corrected chi connectivity index (χ4v) is 1.17. The molecule has 0 aliphatic rings. The number of hydrogen-bond acceptors (Lipinski definition) is 4. The molecule has 1 unspecified atom stereocenters. The summed E-state index contributed by atoms with van der Waals surface area (Å²) in [5.74, 6) is -1.17. The lowest BCUT2D eigenvalue weighted by atomic mass is 10.2. The maximum atomic E-state index is 11.1. The molecule has 0 spiro atoms. The maximum Gasteiger partial charge on any atom is 0.408 e. The molecule has 1 rings (SSSR count). The summed E-state index contributed by atoms with van der Waals surface area (Å²) in [6.45, 7) is 1.82. The van der Waals surface area contributed by atoms with E-state index in [9.17, 15) is 9.59 Å². The zero-order valence-corrected chi connectivity index (χ0v) is 9.01. The molecule has 0 aromatic carbocycles. The Morgan fingerprint density at radius 3 is 2.81 bits per heavy atom. The van der Waals surface area contributed by atoms with Crippen LogP contribution in [0.15, 0.2) is 12.4 Å². The highest BCUT2D eigenvalue weighted by atomic mass is 16.5. The number of aromatic nitrogens is 2. The molecule has 16 heavy (non-hydrogen) atoms. The molecular weight excluding hydrogens is 214 g/mol. The Labute approximate surface area is 92.0 Å².